The van der Waals surface area contributed by atoms with Gasteiger partial charge in [0, 0.05) is 34.7 Å². The minimum Gasteiger partial charge on any atom is -0.366 e. The van der Waals surface area contributed by atoms with E-state index in [1.54, 1.807) is 12.4 Å². The lowest BCUT2D eigenvalue weighted by molar-refractivity contribution is 0.275. The summed E-state index contributed by atoms with van der Waals surface area (Å²) in [6.45, 7) is 0.934. The number of hydrogen-bond acceptors (Lipinski definition) is 5. The molecule has 8 heteroatoms. The van der Waals surface area contributed by atoms with E-state index in [0.717, 1.165) is 39.2 Å². The standard InChI is InChI=1S/C22H18FN7/c23-16-12-29(13-16)18-5-3-17(4-6-18)27-21-22-24-7-8-30(22)20(11-25-21)14-1-2-15-10-26-28-19(15)9-14/h1-11,16H,12-13H2,(H,25,27)(H,26,28). The molecule has 1 saturated heterocycles. The number of hydrogen-bond donors (Lipinski definition) is 2. The van der Waals surface area contributed by atoms with E-state index in [9.17, 15) is 4.39 Å². The van der Waals surface area contributed by atoms with Crippen LogP contribution in [0.2, 0.25) is 0 Å². The van der Waals surface area contributed by atoms with Gasteiger partial charge in [-0.2, -0.15) is 5.10 Å². The predicted octanol–water partition coefficient (Wildman–Crippen LogP) is 4.17. The van der Waals surface area contributed by atoms with Crippen molar-refractivity contribution in [3.8, 4) is 11.3 Å². The average Bonchev–Trinajstić information content (AvgIpc) is 3.41. The second-order valence-electron chi connectivity index (χ2n) is 7.46. The molecule has 0 atom stereocenters. The maximum absolute atomic E-state index is 13.1. The summed E-state index contributed by atoms with van der Waals surface area (Å²) in [6, 6.07) is 14.1. The van der Waals surface area contributed by atoms with Crippen LogP contribution >= 0.6 is 0 Å². The Morgan fingerprint density at radius 1 is 1.03 bits per heavy atom. The topological polar surface area (TPSA) is 74.1 Å². The predicted molar refractivity (Wildman–Crippen MR) is 115 cm³/mol. The van der Waals surface area contributed by atoms with Gasteiger partial charge in [0.25, 0.3) is 0 Å². The Balaban J connectivity index is 1.32. The van der Waals surface area contributed by atoms with Crippen LogP contribution < -0.4 is 10.2 Å². The van der Waals surface area contributed by atoms with Crippen LogP contribution in [0.1, 0.15) is 0 Å². The summed E-state index contributed by atoms with van der Waals surface area (Å²) in [5.74, 6) is 0.673. The number of benzene rings is 2. The number of fused-ring (bicyclic) bond motifs is 2. The minimum absolute atomic E-state index is 0.467. The molecule has 7 nitrogen and oxygen atoms in total. The Bertz CT molecular complexity index is 1350. The van der Waals surface area contributed by atoms with Gasteiger partial charge in [0.15, 0.2) is 11.5 Å². The molecule has 0 aliphatic carbocycles. The zero-order valence-electron chi connectivity index (χ0n) is 16.0. The van der Waals surface area contributed by atoms with E-state index in [1.165, 1.54) is 0 Å². The number of nitrogens with zero attached hydrogens (tertiary/aromatic N) is 5. The van der Waals surface area contributed by atoms with Crippen molar-refractivity contribution in [2.75, 3.05) is 23.3 Å². The first-order chi connectivity index (χ1) is 14.7. The number of alkyl halides is 1. The SMILES string of the molecule is FC1CN(c2ccc(Nc3ncc(-c4ccc5cn[nH]c5c4)n4ccnc34)cc2)C1. The van der Waals surface area contributed by atoms with Gasteiger partial charge in [-0.1, -0.05) is 12.1 Å². The molecule has 0 saturated carbocycles. The molecule has 30 heavy (non-hydrogen) atoms. The zero-order chi connectivity index (χ0) is 20.1. The van der Waals surface area contributed by atoms with E-state index >= 15 is 0 Å². The lowest BCUT2D eigenvalue weighted by Crippen LogP contribution is -2.48. The van der Waals surface area contributed by atoms with Gasteiger partial charge in [-0.3, -0.25) is 9.50 Å². The van der Waals surface area contributed by atoms with E-state index in [0.29, 0.717) is 18.9 Å². The summed E-state index contributed by atoms with van der Waals surface area (Å²) >= 11 is 0. The van der Waals surface area contributed by atoms with Gasteiger partial charge in [0.2, 0.25) is 0 Å². The van der Waals surface area contributed by atoms with E-state index < -0.39 is 6.17 Å². The Hall–Kier alpha value is -3.94. The van der Waals surface area contributed by atoms with E-state index in [-0.39, 0.29) is 0 Å². The summed E-state index contributed by atoms with van der Waals surface area (Å²) in [6.07, 6.45) is 6.62. The lowest BCUT2D eigenvalue weighted by atomic mass is 10.1. The lowest BCUT2D eigenvalue weighted by Gasteiger charge is -2.36. The monoisotopic (exact) mass is 399 g/mol. The van der Waals surface area contributed by atoms with Gasteiger partial charge in [-0.25, -0.2) is 14.4 Å². The van der Waals surface area contributed by atoms with Crippen molar-refractivity contribution in [1.29, 1.82) is 0 Å². The van der Waals surface area contributed by atoms with Gasteiger partial charge >= 0.3 is 0 Å². The van der Waals surface area contributed by atoms with Crippen molar-refractivity contribution in [3.63, 3.8) is 0 Å². The van der Waals surface area contributed by atoms with Crippen LogP contribution in [0.3, 0.4) is 0 Å². The number of rotatable bonds is 4. The van der Waals surface area contributed by atoms with Gasteiger partial charge in [0.05, 0.1) is 36.7 Å². The molecular formula is C22H18FN7. The molecule has 0 unspecified atom stereocenters. The maximum Gasteiger partial charge on any atom is 0.180 e. The first-order valence-corrected chi connectivity index (χ1v) is 9.76. The molecule has 0 spiro atoms. The average molecular weight is 399 g/mol. The quantitative estimate of drug-likeness (QED) is 0.474. The molecule has 6 rings (SSSR count). The Kier molecular flexibility index (Phi) is 3.70. The molecule has 2 N–H and O–H groups in total. The van der Waals surface area contributed by atoms with E-state index in [1.807, 2.05) is 52.0 Å². The Morgan fingerprint density at radius 3 is 2.73 bits per heavy atom. The fraction of sp³-hybridized carbons (Fsp3) is 0.136. The molecule has 1 aliphatic rings. The minimum atomic E-state index is -0.715. The van der Waals surface area contributed by atoms with Gasteiger partial charge < -0.3 is 10.2 Å². The third-order valence-corrected chi connectivity index (χ3v) is 5.50. The highest BCUT2D eigenvalue weighted by molar-refractivity contribution is 5.84. The highest BCUT2D eigenvalue weighted by atomic mass is 19.1. The number of aromatic amines is 1. The summed E-state index contributed by atoms with van der Waals surface area (Å²) < 4.78 is 15.1. The van der Waals surface area contributed by atoms with Crippen molar-refractivity contribution < 1.29 is 4.39 Å². The first kappa shape index (κ1) is 17.0. The molecule has 148 valence electrons. The molecule has 5 aromatic rings. The first-order valence-electron chi connectivity index (χ1n) is 9.76. The highest BCUT2D eigenvalue weighted by Gasteiger charge is 2.26. The zero-order valence-corrected chi connectivity index (χ0v) is 16.0. The highest BCUT2D eigenvalue weighted by Crippen LogP contribution is 2.28. The van der Waals surface area contributed by atoms with Crippen molar-refractivity contribution >= 4 is 33.7 Å². The number of H-pyrrole nitrogens is 1. The van der Waals surface area contributed by atoms with Crippen molar-refractivity contribution in [2.45, 2.75) is 6.17 Å². The molecule has 3 aromatic heterocycles. The summed E-state index contributed by atoms with van der Waals surface area (Å²) in [5, 5.41) is 11.5. The number of anilines is 3. The van der Waals surface area contributed by atoms with Crippen LogP contribution in [0.5, 0.6) is 0 Å². The number of halogens is 1. The Morgan fingerprint density at radius 2 is 1.90 bits per heavy atom. The van der Waals surface area contributed by atoms with Gasteiger partial charge in [-0.05, 0) is 30.3 Å². The third kappa shape index (κ3) is 2.76. The molecule has 1 aliphatic heterocycles. The number of aromatic nitrogens is 5. The largest absolute Gasteiger partial charge is 0.366 e. The molecule has 0 radical (unpaired) electrons. The van der Waals surface area contributed by atoms with Crippen LogP contribution in [0.25, 0.3) is 27.8 Å². The molecular weight excluding hydrogens is 381 g/mol. The smallest absolute Gasteiger partial charge is 0.180 e. The summed E-state index contributed by atoms with van der Waals surface area (Å²) in [7, 11) is 0. The number of nitrogens with one attached hydrogen (secondary N) is 2. The van der Waals surface area contributed by atoms with E-state index in [2.05, 4.69) is 37.6 Å². The van der Waals surface area contributed by atoms with Crippen molar-refractivity contribution in [3.05, 3.63) is 67.3 Å². The normalized spacial score (nSPS) is 14.4. The van der Waals surface area contributed by atoms with Crippen LogP contribution in [0.15, 0.2) is 67.3 Å². The molecule has 0 bridgehead atoms. The van der Waals surface area contributed by atoms with Crippen LogP contribution in [0.4, 0.5) is 21.6 Å². The third-order valence-electron chi connectivity index (χ3n) is 5.50. The molecule has 1 fully saturated rings. The van der Waals surface area contributed by atoms with Gasteiger partial charge in [0.1, 0.15) is 6.17 Å². The van der Waals surface area contributed by atoms with E-state index in [4.69, 9.17) is 0 Å². The van der Waals surface area contributed by atoms with Gasteiger partial charge in [-0.15, -0.1) is 0 Å². The van der Waals surface area contributed by atoms with Crippen LogP contribution in [0, 0.1) is 0 Å². The maximum atomic E-state index is 13.1. The molecule has 2 aromatic carbocycles. The second-order valence-corrected chi connectivity index (χ2v) is 7.46. The Labute approximate surface area is 171 Å². The fourth-order valence-corrected chi connectivity index (χ4v) is 3.84. The molecule has 4 heterocycles. The van der Waals surface area contributed by atoms with Crippen molar-refractivity contribution in [2.24, 2.45) is 0 Å². The number of imidazole rings is 1. The summed E-state index contributed by atoms with van der Waals surface area (Å²) in [5.41, 5.74) is 5.61. The second kappa shape index (κ2) is 6.55. The molecule has 0 amide bonds. The van der Waals surface area contributed by atoms with Crippen LogP contribution in [-0.2, 0) is 0 Å². The van der Waals surface area contributed by atoms with Crippen molar-refractivity contribution in [1.82, 2.24) is 24.6 Å². The van der Waals surface area contributed by atoms with Crippen LogP contribution in [-0.4, -0.2) is 43.8 Å². The summed E-state index contributed by atoms with van der Waals surface area (Å²) in [4.78, 5) is 11.1. The fourth-order valence-electron chi connectivity index (χ4n) is 3.84.